The molecule has 4 heteroatoms. The first-order valence-corrected chi connectivity index (χ1v) is 5.12. The number of aryl methyl sites for hydroxylation is 1. The van der Waals surface area contributed by atoms with E-state index >= 15 is 0 Å². The van der Waals surface area contributed by atoms with Crippen molar-refractivity contribution in [3.8, 4) is 11.5 Å². The lowest BCUT2D eigenvalue weighted by molar-refractivity contribution is -0.118. The van der Waals surface area contributed by atoms with Crippen LogP contribution >= 0.6 is 11.6 Å². The number of benzene rings is 1. The molecule has 0 aliphatic carbocycles. The minimum Gasteiger partial charge on any atom is -0.493 e. The van der Waals surface area contributed by atoms with Gasteiger partial charge in [-0.1, -0.05) is 12.1 Å². The Morgan fingerprint density at radius 2 is 2.40 bits per heavy atom. The summed E-state index contributed by atoms with van der Waals surface area (Å²) < 4.78 is 10.7. The number of hydrogen-bond acceptors (Lipinski definition) is 3. The van der Waals surface area contributed by atoms with E-state index in [4.69, 9.17) is 21.1 Å². The van der Waals surface area contributed by atoms with E-state index in [1.165, 1.54) is 0 Å². The van der Waals surface area contributed by atoms with Gasteiger partial charge in [0, 0.05) is 0 Å². The molecule has 80 valence electrons. The summed E-state index contributed by atoms with van der Waals surface area (Å²) in [5, 5.41) is -0.452. The highest BCUT2D eigenvalue weighted by atomic mass is 35.5. The number of carbonyl (C=O) groups excluding carboxylic acids is 1. The monoisotopic (exact) mass is 226 g/mol. The minimum absolute atomic E-state index is 0.452. The Balaban J connectivity index is 2.34. The molecule has 1 aromatic rings. The van der Waals surface area contributed by atoms with Gasteiger partial charge in [-0.25, -0.2) is 0 Å². The standard InChI is InChI=1S/C11H11ClO3/c1-14-8-4-2-3-7-5-6-9(11(12)13)15-10(7)8/h2-4,9H,5-6H2,1H3. The molecule has 0 spiro atoms. The van der Waals surface area contributed by atoms with Gasteiger partial charge in [-0.15, -0.1) is 0 Å². The lowest BCUT2D eigenvalue weighted by Gasteiger charge is -2.24. The van der Waals surface area contributed by atoms with Crippen LogP contribution in [0.2, 0.25) is 0 Å². The summed E-state index contributed by atoms with van der Waals surface area (Å²) in [7, 11) is 1.57. The molecular weight excluding hydrogens is 216 g/mol. The fourth-order valence-corrected chi connectivity index (χ4v) is 1.85. The average Bonchev–Trinajstić information content (AvgIpc) is 2.27. The van der Waals surface area contributed by atoms with E-state index < -0.39 is 11.3 Å². The smallest absolute Gasteiger partial charge is 0.262 e. The van der Waals surface area contributed by atoms with Gasteiger partial charge >= 0.3 is 0 Å². The summed E-state index contributed by atoms with van der Waals surface area (Å²) in [6.07, 6.45) is 0.869. The Bertz CT molecular complexity index is 375. The molecule has 1 unspecified atom stereocenters. The van der Waals surface area contributed by atoms with Crippen LogP contribution < -0.4 is 9.47 Å². The highest BCUT2D eigenvalue weighted by molar-refractivity contribution is 6.64. The van der Waals surface area contributed by atoms with E-state index in [9.17, 15) is 4.79 Å². The van der Waals surface area contributed by atoms with E-state index in [0.29, 0.717) is 17.9 Å². The molecule has 0 bridgehead atoms. The number of methoxy groups -OCH3 is 1. The molecule has 0 amide bonds. The molecule has 0 saturated heterocycles. The van der Waals surface area contributed by atoms with Gasteiger partial charge in [0.2, 0.25) is 0 Å². The van der Waals surface area contributed by atoms with Gasteiger partial charge in [0.15, 0.2) is 17.6 Å². The van der Waals surface area contributed by atoms with Gasteiger partial charge in [0.1, 0.15) is 0 Å². The molecule has 3 nitrogen and oxygen atoms in total. The minimum atomic E-state index is -0.546. The highest BCUT2D eigenvalue weighted by Gasteiger charge is 2.26. The topological polar surface area (TPSA) is 35.5 Å². The Hall–Kier alpha value is -1.22. The second kappa shape index (κ2) is 4.11. The molecule has 1 heterocycles. The highest BCUT2D eigenvalue weighted by Crippen LogP contribution is 2.36. The Morgan fingerprint density at radius 3 is 3.07 bits per heavy atom. The zero-order chi connectivity index (χ0) is 10.8. The first-order chi connectivity index (χ1) is 7.22. The van der Waals surface area contributed by atoms with Crippen LogP contribution in [0, 0.1) is 0 Å². The molecule has 0 fully saturated rings. The fraction of sp³-hybridized carbons (Fsp3) is 0.364. The van der Waals surface area contributed by atoms with Gasteiger partial charge in [-0.2, -0.15) is 0 Å². The first-order valence-electron chi connectivity index (χ1n) is 4.74. The summed E-state index contributed by atoms with van der Waals surface area (Å²) in [5.74, 6) is 1.29. The van der Waals surface area contributed by atoms with E-state index in [0.717, 1.165) is 12.0 Å². The maximum Gasteiger partial charge on any atom is 0.262 e. The SMILES string of the molecule is COc1cccc2c1OC(C(=O)Cl)CC2. The number of fused-ring (bicyclic) bond motifs is 1. The molecule has 2 rings (SSSR count). The second-order valence-electron chi connectivity index (χ2n) is 3.40. The molecule has 15 heavy (non-hydrogen) atoms. The molecule has 1 aliphatic rings. The van der Waals surface area contributed by atoms with Crippen molar-refractivity contribution in [1.29, 1.82) is 0 Å². The van der Waals surface area contributed by atoms with Crippen molar-refractivity contribution >= 4 is 16.8 Å². The first kappa shape index (κ1) is 10.3. The quantitative estimate of drug-likeness (QED) is 0.725. The zero-order valence-electron chi connectivity index (χ0n) is 8.33. The number of ether oxygens (including phenoxy) is 2. The predicted octanol–water partition coefficient (Wildman–Crippen LogP) is 2.15. The van der Waals surface area contributed by atoms with Crippen molar-refractivity contribution in [2.24, 2.45) is 0 Å². The lowest BCUT2D eigenvalue weighted by atomic mass is 10.0. The van der Waals surface area contributed by atoms with Gasteiger partial charge in [-0.05, 0) is 36.1 Å². The van der Waals surface area contributed by atoms with Crippen LogP contribution in [0.4, 0.5) is 0 Å². The van der Waals surface area contributed by atoms with Gasteiger partial charge in [-0.3, -0.25) is 4.79 Å². The van der Waals surface area contributed by atoms with Crippen LogP contribution in [-0.4, -0.2) is 18.5 Å². The summed E-state index contributed by atoms with van der Waals surface area (Å²) in [5.41, 5.74) is 1.06. The molecular formula is C11H11ClO3. The fourth-order valence-electron chi connectivity index (χ4n) is 1.70. The summed E-state index contributed by atoms with van der Waals surface area (Å²) in [6.45, 7) is 0. The maximum atomic E-state index is 11.0. The molecule has 1 atom stereocenters. The van der Waals surface area contributed by atoms with Crippen LogP contribution in [0.1, 0.15) is 12.0 Å². The van der Waals surface area contributed by atoms with Crippen molar-refractivity contribution in [1.82, 2.24) is 0 Å². The molecule has 1 aromatic carbocycles. The number of hydrogen-bond donors (Lipinski definition) is 0. The molecule has 0 radical (unpaired) electrons. The van der Waals surface area contributed by atoms with Gasteiger partial charge in [0.25, 0.3) is 5.24 Å². The normalized spacial score (nSPS) is 18.9. The second-order valence-corrected chi connectivity index (χ2v) is 3.77. The van der Waals surface area contributed by atoms with Crippen molar-refractivity contribution in [3.63, 3.8) is 0 Å². The van der Waals surface area contributed by atoms with Crippen LogP contribution in [-0.2, 0) is 11.2 Å². The van der Waals surface area contributed by atoms with Gasteiger partial charge in [0.05, 0.1) is 7.11 Å². The number of carbonyl (C=O) groups is 1. The zero-order valence-corrected chi connectivity index (χ0v) is 9.08. The summed E-state index contributed by atoms with van der Waals surface area (Å²) in [6, 6.07) is 5.68. The van der Waals surface area contributed by atoms with E-state index in [1.54, 1.807) is 13.2 Å². The maximum absolute atomic E-state index is 11.0. The molecule has 0 saturated carbocycles. The number of halogens is 1. The van der Waals surface area contributed by atoms with E-state index in [-0.39, 0.29) is 0 Å². The lowest BCUT2D eigenvalue weighted by Crippen LogP contribution is -2.28. The largest absolute Gasteiger partial charge is 0.493 e. The molecule has 1 aliphatic heterocycles. The predicted molar refractivity (Wildman–Crippen MR) is 56.6 cm³/mol. The van der Waals surface area contributed by atoms with Crippen LogP contribution in [0.25, 0.3) is 0 Å². The van der Waals surface area contributed by atoms with Crippen molar-refractivity contribution in [3.05, 3.63) is 23.8 Å². The number of para-hydroxylation sites is 1. The van der Waals surface area contributed by atoms with Crippen molar-refractivity contribution in [2.45, 2.75) is 18.9 Å². The Labute approximate surface area is 92.9 Å². The van der Waals surface area contributed by atoms with Gasteiger partial charge < -0.3 is 9.47 Å². The Morgan fingerprint density at radius 1 is 1.60 bits per heavy atom. The van der Waals surface area contributed by atoms with E-state index in [1.807, 2.05) is 12.1 Å². The van der Waals surface area contributed by atoms with Crippen LogP contribution in [0.3, 0.4) is 0 Å². The summed E-state index contributed by atoms with van der Waals surface area (Å²) >= 11 is 5.41. The van der Waals surface area contributed by atoms with Crippen molar-refractivity contribution in [2.75, 3.05) is 7.11 Å². The van der Waals surface area contributed by atoms with E-state index in [2.05, 4.69) is 0 Å². The van der Waals surface area contributed by atoms with Crippen molar-refractivity contribution < 1.29 is 14.3 Å². The Kier molecular flexibility index (Phi) is 2.82. The van der Waals surface area contributed by atoms with Crippen LogP contribution in [0.5, 0.6) is 11.5 Å². The summed E-state index contributed by atoms with van der Waals surface area (Å²) in [4.78, 5) is 11.0. The van der Waals surface area contributed by atoms with Crippen LogP contribution in [0.15, 0.2) is 18.2 Å². The number of rotatable bonds is 2. The molecule has 0 aromatic heterocycles. The molecule has 0 N–H and O–H groups in total. The third kappa shape index (κ3) is 1.92. The third-order valence-electron chi connectivity index (χ3n) is 2.47. The third-order valence-corrected chi connectivity index (χ3v) is 2.71. The average molecular weight is 227 g/mol.